The molecule has 0 aliphatic heterocycles. The summed E-state index contributed by atoms with van der Waals surface area (Å²) in [4.78, 5) is 15.0. The van der Waals surface area contributed by atoms with Gasteiger partial charge in [-0.1, -0.05) is 0 Å². The van der Waals surface area contributed by atoms with Crippen LogP contribution in [0.1, 0.15) is 16.8 Å². The number of rotatable bonds is 4. The van der Waals surface area contributed by atoms with Crippen LogP contribution in [0.2, 0.25) is 0 Å². The van der Waals surface area contributed by atoms with E-state index >= 15 is 0 Å². The van der Waals surface area contributed by atoms with E-state index in [1.165, 1.54) is 12.4 Å². The fraction of sp³-hybridized carbons (Fsp3) is 0.333. The fourth-order valence-electron chi connectivity index (χ4n) is 0.832. The van der Waals surface area contributed by atoms with Crippen molar-refractivity contribution in [2.45, 2.75) is 6.42 Å². The summed E-state index contributed by atoms with van der Waals surface area (Å²) >= 11 is 0. The standard InChI is InChI=1S/C9H11N2O2/c12-6-2-5-11-9(13)8-3-1-4-10-7-8/h3-4,7,12H,2,5-6H2,(H,11,13). The van der Waals surface area contributed by atoms with Crippen LogP contribution in [0.3, 0.4) is 0 Å². The van der Waals surface area contributed by atoms with E-state index in [2.05, 4.69) is 16.4 Å². The molecular weight excluding hydrogens is 168 g/mol. The van der Waals surface area contributed by atoms with Crippen molar-refractivity contribution in [3.8, 4) is 0 Å². The average molecular weight is 179 g/mol. The van der Waals surface area contributed by atoms with Gasteiger partial charge in [-0.15, -0.1) is 0 Å². The molecule has 1 aromatic rings. The summed E-state index contributed by atoms with van der Waals surface area (Å²) < 4.78 is 0. The van der Waals surface area contributed by atoms with Gasteiger partial charge in [-0.25, -0.2) is 0 Å². The molecule has 0 spiro atoms. The minimum Gasteiger partial charge on any atom is -0.396 e. The number of aliphatic hydroxyl groups excluding tert-OH is 1. The summed E-state index contributed by atoms with van der Waals surface area (Å²) in [6.45, 7) is 0.559. The predicted octanol–water partition coefficient (Wildman–Crippen LogP) is -0.00601. The first-order valence-corrected chi connectivity index (χ1v) is 4.05. The topological polar surface area (TPSA) is 62.2 Å². The smallest absolute Gasteiger partial charge is 0.252 e. The zero-order valence-corrected chi connectivity index (χ0v) is 7.16. The summed E-state index contributed by atoms with van der Waals surface area (Å²) in [5, 5.41) is 11.1. The maximum absolute atomic E-state index is 11.3. The van der Waals surface area contributed by atoms with E-state index in [1.54, 1.807) is 6.07 Å². The number of hydrogen-bond acceptors (Lipinski definition) is 3. The Bertz CT molecular complexity index is 262. The zero-order valence-electron chi connectivity index (χ0n) is 7.16. The van der Waals surface area contributed by atoms with Gasteiger partial charge in [-0.05, 0) is 12.5 Å². The first-order valence-electron chi connectivity index (χ1n) is 4.05. The van der Waals surface area contributed by atoms with E-state index in [1.807, 2.05) is 0 Å². The largest absolute Gasteiger partial charge is 0.396 e. The maximum Gasteiger partial charge on any atom is 0.252 e. The summed E-state index contributed by atoms with van der Waals surface area (Å²) in [5.41, 5.74) is 0.487. The molecule has 1 amide bonds. The molecule has 1 rings (SSSR count). The van der Waals surface area contributed by atoms with Gasteiger partial charge in [-0.2, -0.15) is 0 Å². The Balaban J connectivity index is 2.40. The van der Waals surface area contributed by atoms with E-state index < -0.39 is 0 Å². The number of hydrogen-bond donors (Lipinski definition) is 2. The summed E-state index contributed by atoms with van der Waals surface area (Å²) in [5.74, 6) is -0.183. The van der Waals surface area contributed by atoms with E-state index in [4.69, 9.17) is 5.11 Å². The molecule has 0 bridgehead atoms. The number of aliphatic hydroxyl groups is 1. The highest BCUT2D eigenvalue weighted by Gasteiger charge is 2.02. The monoisotopic (exact) mass is 179 g/mol. The van der Waals surface area contributed by atoms with Crippen molar-refractivity contribution in [1.82, 2.24) is 10.3 Å². The van der Waals surface area contributed by atoms with Crippen LogP contribution in [0.25, 0.3) is 0 Å². The molecule has 1 radical (unpaired) electrons. The van der Waals surface area contributed by atoms with Gasteiger partial charge in [0, 0.05) is 31.6 Å². The second-order valence-corrected chi connectivity index (χ2v) is 2.51. The third-order valence-corrected chi connectivity index (χ3v) is 1.48. The molecule has 0 saturated carbocycles. The van der Waals surface area contributed by atoms with Gasteiger partial charge in [0.2, 0.25) is 0 Å². The van der Waals surface area contributed by atoms with E-state index in [-0.39, 0.29) is 12.5 Å². The molecule has 0 fully saturated rings. The van der Waals surface area contributed by atoms with Crippen LogP contribution in [0.5, 0.6) is 0 Å². The molecule has 13 heavy (non-hydrogen) atoms. The molecule has 0 unspecified atom stereocenters. The summed E-state index contributed by atoms with van der Waals surface area (Å²) in [6, 6.07) is 4.28. The number of nitrogens with one attached hydrogen (secondary N) is 1. The molecular formula is C9H11N2O2. The first-order chi connectivity index (χ1) is 6.34. The van der Waals surface area contributed by atoms with Gasteiger partial charge in [0.25, 0.3) is 5.91 Å². The molecule has 4 nitrogen and oxygen atoms in total. The van der Waals surface area contributed by atoms with Gasteiger partial charge in [0.1, 0.15) is 0 Å². The molecule has 4 heteroatoms. The van der Waals surface area contributed by atoms with Crippen LogP contribution < -0.4 is 5.32 Å². The lowest BCUT2D eigenvalue weighted by atomic mass is 10.2. The van der Waals surface area contributed by atoms with Crippen LogP contribution in [0.4, 0.5) is 0 Å². The van der Waals surface area contributed by atoms with Gasteiger partial charge < -0.3 is 10.4 Å². The van der Waals surface area contributed by atoms with Crippen molar-refractivity contribution in [3.05, 3.63) is 30.1 Å². The Morgan fingerprint density at radius 1 is 1.69 bits per heavy atom. The van der Waals surface area contributed by atoms with Crippen molar-refractivity contribution in [2.75, 3.05) is 13.2 Å². The van der Waals surface area contributed by atoms with Crippen molar-refractivity contribution in [1.29, 1.82) is 0 Å². The highest BCUT2D eigenvalue weighted by Crippen LogP contribution is 1.93. The summed E-state index contributed by atoms with van der Waals surface area (Å²) in [7, 11) is 0. The Morgan fingerprint density at radius 2 is 2.54 bits per heavy atom. The Labute approximate surface area is 76.6 Å². The van der Waals surface area contributed by atoms with Crippen molar-refractivity contribution in [2.24, 2.45) is 0 Å². The van der Waals surface area contributed by atoms with Crippen LogP contribution in [-0.4, -0.2) is 29.1 Å². The van der Waals surface area contributed by atoms with Crippen molar-refractivity contribution in [3.63, 3.8) is 0 Å². The molecule has 0 atom stereocenters. The van der Waals surface area contributed by atoms with E-state index in [9.17, 15) is 4.79 Å². The second-order valence-electron chi connectivity index (χ2n) is 2.51. The lowest BCUT2D eigenvalue weighted by Gasteiger charge is -2.02. The quantitative estimate of drug-likeness (QED) is 0.639. The van der Waals surface area contributed by atoms with Crippen LogP contribution in [0, 0.1) is 6.07 Å². The van der Waals surface area contributed by atoms with Gasteiger partial charge in [0.15, 0.2) is 0 Å². The second kappa shape index (κ2) is 5.27. The lowest BCUT2D eigenvalue weighted by molar-refractivity contribution is 0.0951. The minimum absolute atomic E-state index is 0.0828. The Kier molecular flexibility index (Phi) is 3.92. The molecule has 0 aromatic carbocycles. The van der Waals surface area contributed by atoms with Crippen molar-refractivity contribution >= 4 is 5.91 Å². The van der Waals surface area contributed by atoms with Crippen LogP contribution >= 0.6 is 0 Å². The number of amides is 1. The van der Waals surface area contributed by atoms with E-state index in [0.717, 1.165) is 0 Å². The predicted molar refractivity (Wildman–Crippen MR) is 47.1 cm³/mol. The third-order valence-electron chi connectivity index (χ3n) is 1.48. The summed E-state index contributed by atoms with van der Waals surface area (Å²) in [6.07, 6.45) is 3.53. The number of pyridine rings is 1. The van der Waals surface area contributed by atoms with Gasteiger partial charge in [0.05, 0.1) is 5.56 Å². The first kappa shape index (κ1) is 9.67. The SMILES string of the molecule is O=C(NCCCO)c1c[c]cnc1. The Hall–Kier alpha value is -1.42. The lowest BCUT2D eigenvalue weighted by Crippen LogP contribution is -2.25. The van der Waals surface area contributed by atoms with Crippen LogP contribution in [0.15, 0.2) is 18.5 Å². The number of nitrogens with zero attached hydrogens (tertiary/aromatic N) is 1. The highest BCUT2D eigenvalue weighted by molar-refractivity contribution is 5.93. The van der Waals surface area contributed by atoms with E-state index in [0.29, 0.717) is 18.5 Å². The molecule has 0 saturated heterocycles. The fourth-order valence-corrected chi connectivity index (χ4v) is 0.832. The number of carbonyl (C=O) groups is 1. The minimum atomic E-state index is -0.183. The molecule has 69 valence electrons. The number of carbonyl (C=O) groups excluding carboxylic acids is 1. The van der Waals surface area contributed by atoms with Gasteiger partial charge in [-0.3, -0.25) is 9.78 Å². The maximum atomic E-state index is 11.3. The third kappa shape index (κ3) is 3.21. The molecule has 0 aliphatic rings. The highest BCUT2D eigenvalue weighted by atomic mass is 16.3. The molecule has 0 aliphatic carbocycles. The normalized spacial score (nSPS) is 9.62. The average Bonchev–Trinajstić information content (AvgIpc) is 2.19. The molecule has 2 N–H and O–H groups in total. The molecule has 1 aromatic heterocycles. The zero-order chi connectivity index (χ0) is 9.52. The number of aromatic nitrogens is 1. The molecule has 1 heterocycles. The van der Waals surface area contributed by atoms with Crippen molar-refractivity contribution < 1.29 is 9.90 Å². The Morgan fingerprint density at radius 3 is 3.15 bits per heavy atom. The van der Waals surface area contributed by atoms with Gasteiger partial charge >= 0.3 is 0 Å². The van der Waals surface area contributed by atoms with Crippen LogP contribution in [-0.2, 0) is 0 Å².